The Morgan fingerprint density at radius 2 is 1.97 bits per heavy atom. The van der Waals surface area contributed by atoms with Gasteiger partial charge in [-0.15, -0.1) is 0 Å². The van der Waals surface area contributed by atoms with Gasteiger partial charge >= 0.3 is 5.97 Å². The van der Waals surface area contributed by atoms with Crippen LogP contribution in [0.1, 0.15) is 44.9 Å². The lowest BCUT2D eigenvalue weighted by Gasteiger charge is -2.49. The summed E-state index contributed by atoms with van der Waals surface area (Å²) in [6.45, 7) is 13.2. The van der Waals surface area contributed by atoms with Gasteiger partial charge in [-0.05, 0) is 42.6 Å². The smallest absolute Gasteiger partial charge is 0.319 e. The van der Waals surface area contributed by atoms with E-state index in [0.717, 1.165) is 48.5 Å². The summed E-state index contributed by atoms with van der Waals surface area (Å²) in [7, 11) is -0.483. The maximum absolute atomic E-state index is 13.7. The second-order valence-electron chi connectivity index (χ2n) is 11.3. The van der Waals surface area contributed by atoms with Crippen molar-refractivity contribution >= 4 is 25.2 Å². The molecule has 176 valence electrons. The Bertz CT molecular complexity index is 1170. The Balaban J connectivity index is 1.73. The Morgan fingerprint density at radius 3 is 2.70 bits per heavy atom. The van der Waals surface area contributed by atoms with E-state index in [2.05, 4.69) is 80.2 Å². The van der Waals surface area contributed by atoms with Gasteiger partial charge in [-0.25, -0.2) is 0 Å². The fraction of sp³-hybridized carbons (Fsp3) is 0.519. The largest absolute Gasteiger partial charge is 0.546 e. The van der Waals surface area contributed by atoms with Crippen molar-refractivity contribution in [3.05, 3.63) is 59.0 Å². The molecule has 0 radical (unpaired) electrons. The molecule has 3 aliphatic rings. The first-order valence-electron chi connectivity index (χ1n) is 12.1. The molecule has 3 heterocycles. The molecule has 5 rings (SSSR count). The third-order valence-corrected chi connectivity index (χ3v) is 12.8. The van der Waals surface area contributed by atoms with Crippen LogP contribution in [-0.2, 0) is 25.8 Å². The lowest BCUT2D eigenvalue weighted by molar-refractivity contribution is -0.151. The lowest BCUT2D eigenvalue weighted by Crippen LogP contribution is -2.59. The molecule has 0 unspecified atom stereocenters. The number of aromatic amines is 1. The summed E-state index contributed by atoms with van der Waals surface area (Å²) in [5.41, 5.74) is 3.80. The highest BCUT2D eigenvalue weighted by molar-refractivity contribution is 6.74. The van der Waals surface area contributed by atoms with E-state index in [4.69, 9.17) is 9.16 Å². The molecule has 6 heteroatoms. The van der Waals surface area contributed by atoms with E-state index in [1.165, 1.54) is 18.1 Å². The zero-order chi connectivity index (χ0) is 23.6. The molecule has 1 N–H and O–H groups in total. The molecular formula is C27H36N2O3Si. The Hall–Kier alpha value is -2.31. The number of allylic oxidation sites excluding steroid dienone is 1. The quantitative estimate of drug-likeness (QED) is 0.485. The average Bonchev–Trinajstić information content (AvgIpc) is 3.08. The van der Waals surface area contributed by atoms with Gasteiger partial charge in [0, 0.05) is 41.7 Å². The second kappa shape index (κ2) is 7.60. The first kappa shape index (κ1) is 22.5. The number of nitrogens with one attached hydrogen (secondary N) is 1. The molecular weight excluding hydrogens is 428 g/mol. The number of methoxy groups -OCH3 is 1. The molecule has 2 atom stereocenters. The number of aromatic nitrogens is 1. The van der Waals surface area contributed by atoms with Crippen molar-refractivity contribution in [2.24, 2.45) is 0 Å². The maximum atomic E-state index is 13.7. The van der Waals surface area contributed by atoms with E-state index < -0.39 is 13.7 Å². The summed E-state index contributed by atoms with van der Waals surface area (Å²) >= 11 is 0. The fourth-order valence-corrected chi connectivity index (χ4v) is 6.91. The van der Waals surface area contributed by atoms with Crippen molar-refractivity contribution in [3.63, 3.8) is 0 Å². The molecule has 1 aliphatic carbocycles. The van der Waals surface area contributed by atoms with Crippen molar-refractivity contribution in [2.45, 2.75) is 69.6 Å². The van der Waals surface area contributed by atoms with Crippen molar-refractivity contribution in [1.29, 1.82) is 0 Å². The molecule has 0 saturated carbocycles. The number of benzene rings is 1. The van der Waals surface area contributed by atoms with Crippen molar-refractivity contribution in [1.82, 2.24) is 9.88 Å². The van der Waals surface area contributed by atoms with Gasteiger partial charge in [0.2, 0.25) is 8.32 Å². The fourth-order valence-electron chi connectivity index (χ4n) is 5.77. The topological polar surface area (TPSA) is 54.6 Å². The molecule has 2 aliphatic heterocycles. The van der Waals surface area contributed by atoms with Crippen LogP contribution in [0.15, 0.2) is 47.7 Å². The number of carbonyl (C=O) groups is 1. The second-order valence-corrected chi connectivity index (χ2v) is 16.0. The third-order valence-electron chi connectivity index (χ3n) is 8.48. The van der Waals surface area contributed by atoms with Crippen LogP contribution in [0.25, 0.3) is 10.9 Å². The zero-order valence-corrected chi connectivity index (χ0v) is 21.7. The van der Waals surface area contributed by atoms with Gasteiger partial charge in [-0.1, -0.05) is 51.1 Å². The molecule has 1 aromatic carbocycles. The van der Waals surface area contributed by atoms with Crippen LogP contribution < -0.4 is 0 Å². The molecule has 1 aromatic heterocycles. The van der Waals surface area contributed by atoms with E-state index in [1.54, 1.807) is 0 Å². The van der Waals surface area contributed by atoms with Gasteiger partial charge in [0.25, 0.3) is 0 Å². The van der Waals surface area contributed by atoms with E-state index >= 15 is 0 Å². The Morgan fingerprint density at radius 1 is 1.21 bits per heavy atom. The maximum Gasteiger partial charge on any atom is 0.319 e. The highest BCUT2D eigenvalue weighted by atomic mass is 28.4. The number of ether oxygens (including phenoxy) is 1. The Kier molecular flexibility index (Phi) is 5.18. The first-order valence-corrected chi connectivity index (χ1v) is 15.0. The van der Waals surface area contributed by atoms with Crippen LogP contribution in [-0.4, -0.2) is 50.4 Å². The van der Waals surface area contributed by atoms with Crippen molar-refractivity contribution in [3.8, 4) is 0 Å². The van der Waals surface area contributed by atoms with Crippen LogP contribution in [0.5, 0.6) is 0 Å². The Labute approximate surface area is 198 Å². The zero-order valence-electron chi connectivity index (χ0n) is 20.7. The SMILES string of the molecule is COC(=O)[C@]12CCC(O[Si](C)(C)C(C)(C)C)=C3C=CCN(CCc4c1[nH]c1ccccc41)[C@H]32. The van der Waals surface area contributed by atoms with Gasteiger partial charge in [0.15, 0.2) is 0 Å². The number of hydrogen-bond donors (Lipinski definition) is 1. The minimum atomic E-state index is -2.01. The predicted molar refractivity (Wildman–Crippen MR) is 135 cm³/mol. The van der Waals surface area contributed by atoms with Gasteiger partial charge in [0.1, 0.15) is 5.41 Å². The number of nitrogens with zero attached hydrogens (tertiary/aromatic N) is 1. The molecule has 5 nitrogen and oxygen atoms in total. The number of rotatable bonds is 3. The minimum Gasteiger partial charge on any atom is -0.546 e. The van der Waals surface area contributed by atoms with Gasteiger partial charge in [0.05, 0.1) is 18.9 Å². The number of H-pyrrole nitrogens is 1. The number of esters is 1. The van der Waals surface area contributed by atoms with E-state index in [9.17, 15) is 4.79 Å². The molecule has 0 bridgehead atoms. The molecule has 0 spiro atoms. The molecule has 0 amide bonds. The number of fused-ring (bicyclic) bond motifs is 4. The summed E-state index contributed by atoms with van der Waals surface area (Å²) in [5.74, 6) is 0.929. The highest BCUT2D eigenvalue weighted by Crippen LogP contribution is 2.52. The van der Waals surface area contributed by atoms with Crippen LogP contribution in [0.2, 0.25) is 18.1 Å². The summed E-state index contributed by atoms with van der Waals surface area (Å²) in [6, 6.07) is 8.33. The normalized spacial score (nSPS) is 25.5. The molecule has 0 fully saturated rings. The predicted octanol–water partition coefficient (Wildman–Crippen LogP) is 5.44. The summed E-state index contributed by atoms with van der Waals surface area (Å²) in [5, 5.41) is 1.33. The molecule has 0 saturated heterocycles. The molecule has 33 heavy (non-hydrogen) atoms. The highest BCUT2D eigenvalue weighted by Gasteiger charge is 2.58. The van der Waals surface area contributed by atoms with Crippen LogP contribution in [0.3, 0.4) is 0 Å². The average molecular weight is 465 g/mol. The number of para-hydroxylation sites is 1. The van der Waals surface area contributed by atoms with Crippen molar-refractivity contribution < 1.29 is 14.0 Å². The van der Waals surface area contributed by atoms with Crippen LogP contribution in [0.4, 0.5) is 0 Å². The van der Waals surface area contributed by atoms with Gasteiger partial charge in [-0.2, -0.15) is 0 Å². The monoisotopic (exact) mass is 464 g/mol. The van der Waals surface area contributed by atoms with E-state index in [-0.39, 0.29) is 17.0 Å². The van der Waals surface area contributed by atoms with E-state index in [1.807, 2.05) is 0 Å². The van der Waals surface area contributed by atoms with E-state index in [0.29, 0.717) is 6.42 Å². The third kappa shape index (κ3) is 3.25. The van der Waals surface area contributed by atoms with Gasteiger partial charge < -0.3 is 14.1 Å². The van der Waals surface area contributed by atoms with Crippen LogP contribution in [0, 0.1) is 0 Å². The standard InChI is InChI=1S/C27H36N2O3Si/c1-26(2,3)33(5,6)32-22-13-15-27(25(30)31-4)23-19(18-10-7-8-12-21(18)28-23)14-17-29-16-9-11-20(22)24(27)29/h7-12,24,28H,13-17H2,1-6H3/t24-,27-/m1/s1. The van der Waals surface area contributed by atoms with Crippen molar-refractivity contribution in [2.75, 3.05) is 20.2 Å². The van der Waals surface area contributed by atoms with Crippen LogP contribution >= 0.6 is 0 Å². The van der Waals surface area contributed by atoms with Gasteiger partial charge in [-0.3, -0.25) is 9.69 Å². The number of hydrogen-bond acceptors (Lipinski definition) is 4. The first-order chi connectivity index (χ1) is 15.6. The minimum absolute atomic E-state index is 0.0854. The summed E-state index contributed by atoms with van der Waals surface area (Å²) < 4.78 is 12.5. The summed E-state index contributed by atoms with van der Waals surface area (Å²) in [4.78, 5) is 19.9. The summed E-state index contributed by atoms with van der Waals surface area (Å²) in [6.07, 6.45) is 6.77. The number of carbonyl (C=O) groups excluding carboxylic acids is 1. The molecule has 2 aromatic rings. The lowest BCUT2D eigenvalue weighted by atomic mass is 9.65.